The van der Waals surface area contributed by atoms with Crippen LogP contribution in [-0.4, -0.2) is 16.1 Å². The van der Waals surface area contributed by atoms with Gasteiger partial charge in [-0.15, -0.1) is 0 Å². The molecule has 28 heavy (non-hydrogen) atoms. The van der Waals surface area contributed by atoms with E-state index >= 15 is 0 Å². The van der Waals surface area contributed by atoms with Crippen LogP contribution in [0.3, 0.4) is 0 Å². The fourth-order valence-electron chi connectivity index (χ4n) is 2.92. The van der Waals surface area contributed by atoms with Crippen LogP contribution in [0.5, 0.6) is 0 Å². The van der Waals surface area contributed by atoms with Gasteiger partial charge in [-0.3, -0.25) is 4.79 Å². The lowest BCUT2D eigenvalue weighted by atomic mass is 9.89. The first-order chi connectivity index (χ1) is 13.4. The Labute approximate surface area is 163 Å². The monoisotopic (exact) mass is 390 g/mol. The predicted octanol–water partition coefficient (Wildman–Crippen LogP) is 3.39. The molecule has 0 fully saturated rings. The molecule has 0 saturated heterocycles. The fraction of sp³-hybridized carbons (Fsp3) is 0. The van der Waals surface area contributed by atoms with E-state index in [0.29, 0.717) is 16.7 Å². The van der Waals surface area contributed by atoms with Crippen LogP contribution in [0.2, 0.25) is 5.02 Å². The third-order valence-electron chi connectivity index (χ3n) is 4.17. The zero-order valence-corrected chi connectivity index (χ0v) is 14.9. The van der Waals surface area contributed by atoms with Gasteiger partial charge in [0.15, 0.2) is 0 Å². The van der Waals surface area contributed by atoms with E-state index in [1.807, 2.05) is 12.1 Å². The molecule has 0 amide bonds. The van der Waals surface area contributed by atoms with Gasteiger partial charge in [-0.1, -0.05) is 41.9 Å². The number of pyridine rings is 1. The number of hydrogen-bond acceptors (Lipinski definition) is 5. The molecule has 2 aromatic carbocycles. The smallest absolute Gasteiger partial charge is 0.337 e. The number of nitrogens with one attached hydrogen (secondary N) is 1. The molecule has 0 radical (unpaired) electrons. The number of carboxylic acids is 1. The zero-order chi connectivity index (χ0) is 20.4. The van der Waals surface area contributed by atoms with E-state index in [1.165, 1.54) is 12.1 Å². The summed E-state index contributed by atoms with van der Waals surface area (Å²) in [6.07, 6.45) is 0. The molecule has 7 nitrogen and oxygen atoms in total. The highest BCUT2D eigenvalue weighted by Gasteiger charge is 2.21. The van der Waals surface area contributed by atoms with Gasteiger partial charge in [0.1, 0.15) is 29.1 Å². The van der Waals surface area contributed by atoms with Crippen molar-refractivity contribution in [1.29, 1.82) is 10.5 Å². The number of nitrogens with two attached hydrogens (primary N) is 1. The molecule has 1 aromatic heterocycles. The van der Waals surface area contributed by atoms with E-state index in [4.69, 9.17) is 17.3 Å². The van der Waals surface area contributed by atoms with Crippen molar-refractivity contribution in [2.75, 3.05) is 5.73 Å². The quantitative estimate of drug-likeness (QED) is 0.625. The van der Waals surface area contributed by atoms with Crippen molar-refractivity contribution < 1.29 is 9.90 Å². The van der Waals surface area contributed by atoms with Crippen LogP contribution in [-0.2, 0) is 0 Å². The van der Waals surface area contributed by atoms with Gasteiger partial charge in [0.2, 0.25) is 0 Å². The Hall–Kier alpha value is -4.07. The van der Waals surface area contributed by atoms with Gasteiger partial charge in [-0.25, -0.2) is 4.79 Å². The third-order valence-corrected chi connectivity index (χ3v) is 4.50. The van der Waals surface area contributed by atoms with Crippen molar-refractivity contribution in [2.45, 2.75) is 0 Å². The topological polar surface area (TPSA) is 144 Å². The van der Waals surface area contributed by atoms with Crippen LogP contribution in [0.1, 0.15) is 21.5 Å². The molecule has 0 unspecified atom stereocenters. The van der Waals surface area contributed by atoms with Gasteiger partial charge in [-0.05, 0) is 28.8 Å². The molecule has 0 spiro atoms. The second-order valence-electron chi connectivity index (χ2n) is 5.76. The molecule has 3 rings (SSSR count). The molecule has 0 atom stereocenters. The van der Waals surface area contributed by atoms with Gasteiger partial charge in [0, 0.05) is 5.56 Å². The molecule has 136 valence electrons. The van der Waals surface area contributed by atoms with Crippen LogP contribution in [0.25, 0.3) is 22.3 Å². The van der Waals surface area contributed by atoms with E-state index in [2.05, 4.69) is 4.98 Å². The number of anilines is 1. The summed E-state index contributed by atoms with van der Waals surface area (Å²) in [6, 6.07) is 14.9. The van der Waals surface area contributed by atoms with E-state index in [0.717, 1.165) is 0 Å². The number of hydrogen-bond donors (Lipinski definition) is 3. The van der Waals surface area contributed by atoms with Crippen LogP contribution < -0.4 is 11.3 Å². The van der Waals surface area contributed by atoms with Crippen molar-refractivity contribution in [3.63, 3.8) is 0 Å². The minimum atomic E-state index is -1.19. The average molecular weight is 391 g/mol. The number of nitrogen functional groups attached to an aromatic ring is 1. The van der Waals surface area contributed by atoms with Crippen LogP contribution in [0.15, 0.2) is 47.3 Å². The molecule has 0 saturated carbocycles. The second-order valence-corrected chi connectivity index (χ2v) is 6.17. The molecular formula is C20H11ClN4O3. The van der Waals surface area contributed by atoms with Gasteiger partial charge in [-0.2, -0.15) is 10.5 Å². The number of aromatic amines is 1. The molecule has 1 heterocycles. The van der Waals surface area contributed by atoms with Crippen LogP contribution >= 0.6 is 11.6 Å². The number of halogens is 1. The standard InChI is InChI=1S/C20H11ClN4O3/c21-16-6-5-10(7-13(16)20(27)28)11-3-1-2-4-12(11)17-14(8-22)18(24)25-19(26)15(17)9-23/h1-7H,(H,27,28)(H3,24,25,26). The Morgan fingerprint density at radius 3 is 2.32 bits per heavy atom. The largest absolute Gasteiger partial charge is 0.478 e. The van der Waals surface area contributed by atoms with Crippen LogP contribution in [0.4, 0.5) is 5.82 Å². The molecular weight excluding hydrogens is 380 g/mol. The van der Waals surface area contributed by atoms with Gasteiger partial charge >= 0.3 is 5.97 Å². The SMILES string of the molecule is N#Cc1c(N)[nH]c(=O)c(C#N)c1-c1ccccc1-c1ccc(Cl)c(C(=O)O)c1. The summed E-state index contributed by atoms with van der Waals surface area (Å²) in [6.45, 7) is 0. The summed E-state index contributed by atoms with van der Waals surface area (Å²) in [5.74, 6) is -1.35. The number of nitrogens with zero attached hydrogens (tertiary/aromatic N) is 2. The minimum Gasteiger partial charge on any atom is -0.478 e. The first-order valence-electron chi connectivity index (χ1n) is 7.87. The summed E-state index contributed by atoms with van der Waals surface area (Å²) in [5, 5.41) is 28.4. The van der Waals surface area contributed by atoms with Crippen molar-refractivity contribution >= 4 is 23.4 Å². The zero-order valence-electron chi connectivity index (χ0n) is 14.2. The second kappa shape index (κ2) is 7.28. The number of carboxylic acid groups (broad SMARTS) is 1. The molecule has 0 aliphatic heterocycles. The van der Waals surface area contributed by atoms with Gasteiger partial charge in [0.05, 0.1) is 10.6 Å². The highest BCUT2D eigenvalue weighted by Crippen LogP contribution is 2.37. The Kier molecular flexibility index (Phi) is 4.86. The number of nitriles is 2. The van der Waals surface area contributed by atoms with Crippen molar-refractivity contribution in [3.8, 4) is 34.4 Å². The van der Waals surface area contributed by atoms with Crippen LogP contribution in [0, 0.1) is 22.7 Å². The van der Waals surface area contributed by atoms with E-state index in [-0.39, 0.29) is 33.1 Å². The maximum absolute atomic E-state index is 12.2. The number of benzene rings is 2. The summed E-state index contributed by atoms with van der Waals surface area (Å²) in [5.41, 5.74) is 6.16. The molecule has 8 heteroatoms. The van der Waals surface area contributed by atoms with E-state index in [9.17, 15) is 25.2 Å². The predicted molar refractivity (Wildman–Crippen MR) is 104 cm³/mol. The van der Waals surface area contributed by atoms with Gasteiger partial charge < -0.3 is 15.8 Å². The summed E-state index contributed by atoms with van der Waals surface area (Å²) < 4.78 is 0. The number of carbonyl (C=O) groups is 1. The summed E-state index contributed by atoms with van der Waals surface area (Å²) in [7, 11) is 0. The number of aromatic carboxylic acids is 1. The Morgan fingerprint density at radius 2 is 1.71 bits per heavy atom. The third kappa shape index (κ3) is 3.07. The summed E-state index contributed by atoms with van der Waals surface area (Å²) in [4.78, 5) is 25.9. The van der Waals surface area contributed by atoms with Crippen molar-refractivity contribution in [1.82, 2.24) is 4.98 Å². The highest BCUT2D eigenvalue weighted by molar-refractivity contribution is 6.33. The number of aromatic nitrogens is 1. The Morgan fingerprint density at radius 1 is 1.07 bits per heavy atom. The van der Waals surface area contributed by atoms with Gasteiger partial charge in [0.25, 0.3) is 5.56 Å². The van der Waals surface area contributed by atoms with Crippen molar-refractivity contribution in [3.05, 3.63) is 74.5 Å². The molecule has 3 aromatic rings. The average Bonchev–Trinajstić information content (AvgIpc) is 2.67. The van der Waals surface area contributed by atoms with E-state index in [1.54, 1.807) is 30.3 Å². The first kappa shape index (κ1) is 18.7. The Bertz CT molecular complexity index is 1270. The lowest BCUT2D eigenvalue weighted by molar-refractivity contribution is 0.0697. The highest BCUT2D eigenvalue weighted by atomic mass is 35.5. The number of H-pyrrole nitrogens is 1. The minimum absolute atomic E-state index is 0.0454. The molecule has 0 aliphatic carbocycles. The lowest BCUT2D eigenvalue weighted by Crippen LogP contribution is -2.16. The number of rotatable bonds is 3. The molecule has 0 bridgehead atoms. The lowest BCUT2D eigenvalue weighted by Gasteiger charge is -2.14. The maximum Gasteiger partial charge on any atom is 0.337 e. The van der Waals surface area contributed by atoms with Crippen molar-refractivity contribution in [2.24, 2.45) is 0 Å². The maximum atomic E-state index is 12.2. The molecule has 4 N–H and O–H groups in total. The van der Waals surface area contributed by atoms with E-state index < -0.39 is 11.5 Å². The Balaban J connectivity index is 2.41. The summed E-state index contributed by atoms with van der Waals surface area (Å²) >= 11 is 5.94. The first-order valence-corrected chi connectivity index (χ1v) is 8.25. The fourth-order valence-corrected chi connectivity index (χ4v) is 3.12. The molecule has 0 aliphatic rings. The normalized spacial score (nSPS) is 10.1.